The van der Waals surface area contributed by atoms with Gasteiger partial charge in [-0.1, -0.05) is 39.0 Å². The standard InChI is InChI=1S/C11H12O2.C2H6/c1-2-9(12)11-7-8-5-3-4-6-10(8)13-11;1-2/h3-6,11H,2,7H2,1H3;1-2H3. The number of para-hydroxylation sites is 1. The van der Waals surface area contributed by atoms with Gasteiger partial charge in [-0.15, -0.1) is 0 Å². The average Bonchev–Trinajstić information content (AvgIpc) is 2.74. The Labute approximate surface area is 91.3 Å². The maximum Gasteiger partial charge on any atom is 0.173 e. The molecule has 0 saturated heterocycles. The molecule has 0 radical (unpaired) electrons. The van der Waals surface area contributed by atoms with Gasteiger partial charge < -0.3 is 4.74 Å². The van der Waals surface area contributed by atoms with Crippen molar-refractivity contribution in [2.24, 2.45) is 0 Å². The minimum atomic E-state index is -0.234. The zero-order valence-corrected chi connectivity index (χ0v) is 9.62. The summed E-state index contributed by atoms with van der Waals surface area (Å²) in [6, 6.07) is 7.83. The van der Waals surface area contributed by atoms with Crippen LogP contribution in [0.5, 0.6) is 5.75 Å². The zero-order chi connectivity index (χ0) is 11.3. The molecule has 0 N–H and O–H groups in total. The van der Waals surface area contributed by atoms with Crippen LogP contribution in [0.1, 0.15) is 32.8 Å². The van der Waals surface area contributed by atoms with Gasteiger partial charge in [0.25, 0.3) is 0 Å². The highest BCUT2D eigenvalue weighted by Crippen LogP contribution is 2.28. The number of carbonyl (C=O) groups excluding carboxylic acids is 1. The van der Waals surface area contributed by atoms with E-state index >= 15 is 0 Å². The third-order valence-corrected chi connectivity index (χ3v) is 2.35. The molecule has 0 bridgehead atoms. The van der Waals surface area contributed by atoms with Gasteiger partial charge >= 0.3 is 0 Å². The summed E-state index contributed by atoms with van der Waals surface area (Å²) in [6.45, 7) is 5.87. The predicted molar refractivity (Wildman–Crippen MR) is 61.2 cm³/mol. The van der Waals surface area contributed by atoms with Crippen molar-refractivity contribution in [3.8, 4) is 5.75 Å². The lowest BCUT2D eigenvalue weighted by Gasteiger charge is -2.06. The van der Waals surface area contributed by atoms with E-state index in [0.29, 0.717) is 6.42 Å². The van der Waals surface area contributed by atoms with E-state index in [1.807, 2.05) is 45.0 Å². The van der Waals surface area contributed by atoms with E-state index in [1.54, 1.807) is 0 Å². The fourth-order valence-electron chi connectivity index (χ4n) is 1.59. The lowest BCUT2D eigenvalue weighted by Crippen LogP contribution is -2.24. The van der Waals surface area contributed by atoms with Gasteiger partial charge in [-0.25, -0.2) is 0 Å². The number of hydrogen-bond acceptors (Lipinski definition) is 2. The van der Waals surface area contributed by atoms with Gasteiger partial charge in [0, 0.05) is 12.8 Å². The van der Waals surface area contributed by atoms with Gasteiger partial charge in [-0.05, 0) is 11.6 Å². The molecule has 1 atom stereocenters. The molecular formula is C13H18O2. The van der Waals surface area contributed by atoms with E-state index < -0.39 is 0 Å². The molecule has 0 fully saturated rings. The molecular weight excluding hydrogens is 188 g/mol. The number of ketones is 1. The average molecular weight is 206 g/mol. The Balaban J connectivity index is 0.000000531. The smallest absolute Gasteiger partial charge is 0.173 e. The van der Waals surface area contributed by atoms with Crippen molar-refractivity contribution in [2.45, 2.75) is 39.7 Å². The molecule has 0 aromatic heterocycles. The number of carbonyl (C=O) groups is 1. The molecule has 0 aliphatic carbocycles. The van der Waals surface area contributed by atoms with Crippen LogP contribution in [0.15, 0.2) is 24.3 Å². The van der Waals surface area contributed by atoms with Gasteiger partial charge in [0.2, 0.25) is 0 Å². The van der Waals surface area contributed by atoms with Gasteiger partial charge in [0.15, 0.2) is 11.9 Å². The second-order valence-corrected chi connectivity index (χ2v) is 3.24. The highest BCUT2D eigenvalue weighted by molar-refractivity contribution is 5.84. The Morgan fingerprint density at radius 1 is 1.40 bits per heavy atom. The van der Waals surface area contributed by atoms with Crippen molar-refractivity contribution in [1.29, 1.82) is 0 Å². The van der Waals surface area contributed by atoms with Crippen molar-refractivity contribution < 1.29 is 9.53 Å². The maximum absolute atomic E-state index is 11.4. The highest BCUT2D eigenvalue weighted by atomic mass is 16.5. The third kappa shape index (κ3) is 2.58. The third-order valence-electron chi connectivity index (χ3n) is 2.35. The second-order valence-electron chi connectivity index (χ2n) is 3.24. The second kappa shape index (κ2) is 5.54. The Bertz CT molecular complexity index is 306. The summed E-state index contributed by atoms with van der Waals surface area (Å²) in [7, 11) is 0. The highest BCUT2D eigenvalue weighted by Gasteiger charge is 2.26. The molecule has 82 valence electrons. The lowest BCUT2D eigenvalue weighted by molar-refractivity contribution is -0.124. The summed E-state index contributed by atoms with van der Waals surface area (Å²) < 4.78 is 5.51. The largest absolute Gasteiger partial charge is 0.482 e. The fourth-order valence-corrected chi connectivity index (χ4v) is 1.59. The molecule has 1 heterocycles. The molecule has 0 amide bonds. The number of ether oxygens (including phenoxy) is 1. The van der Waals surface area contributed by atoms with E-state index in [-0.39, 0.29) is 11.9 Å². The van der Waals surface area contributed by atoms with Crippen LogP contribution in [-0.4, -0.2) is 11.9 Å². The summed E-state index contributed by atoms with van der Waals surface area (Å²) in [5, 5.41) is 0. The van der Waals surface area contributed by atoms with Crippen LogP contribution in [0, 0.1) is 0 Å². The summed E-state index contributed by atoms with van der Waals surface area (Å²) in [4.78, 5) is 11.4. The van der Waals surface area contributed by atoms with Crippen LogP contribution < -0.4 is 4.74 Å². The SMILES string of the molecule is CC.CCC(=O)C1Cc2ccccc2O1. The molecule has 1 aromatic rings. The van der Waals surface area contributed by atoms with E-state index in [1.165, 1.54) is 0 Å². The van der Waals surface area contributed by atoms with Crippen molar-refractivity contribution >= 4 is 5.78 Å². The molecule has 1 aromatic carbocycles. The first kappa shape index (κ1) is 11.8. The molecule has 1 aliphatic rings. The minimum absolute atomic E-state index is 0.191. The first-order valence-electron chi connectivity index (χ1n) is 5.58. The Morgan fingerprint density at radius 3 is 2.67 bits per heavy atom. The molecule has 1 aliphatic heterocycles. The normalized spacial score (nSPS) is 17.1. The number of benzene rings is 1. The van der Waals surface area contributed by atoms with Crippen molar-refractivity contribution in [2.75, 3.05) is 0 Å². The van der Waals surface area contributed by atoms with Crippen LogP contribution in [0.4, 0.5) is 0 Å². The summed E-state index contributed by atoms with van der Waals surface area (Å²) in [6.07, 6.45) is 1.06. The monoisotopic (exact) mass is 206 g/mol. The Morgan fingerprint density at radius 2 is 2.07 bits per heavy atom. The maximum atomic E-state index is 11.4. The van der Waals surface area contributed by atoms with Crippen LogP contribution >= 0.6 is 0 Å². The van der Waals surface area contributed by atoms with Crippen molar-refractivity contribution in [3.05, 3.63) is 29.8 Å². The Kier molecular flexibility index (Phi) is 4.35. The van der Waals surface area contributed by atoms with Crippen LogP contribution in [0.25, 0.3) is 0 Å². The Hall–Kier alpha value is -1.31. The van der Waals surface area contributed by atoms with Crippen LogP contribution in [-0.2, 0) is 11.2 Å². The molecule has 2 nitrogen and oxygen atoms in total. The van der Waals surface area contributed by atoms with Gasteiger partial charge in [-0.2, -0.15) is 0 Å². The first-order chi connectivity index (χ1) is 7.31. The van der Waals surface area contributed by atoms with E-state index in [9.17, 15) is 4.79 Å². The quantitative estimate of drug-likeness (QED) is 0.743. The van der Waals surface area contributed by atoms with E-state index in [4.69, 9.17) is 4.74 Å². The van der Waals surface area contributed by atoms with E-state index in [0.717, 1.165) is 17.7 Å². The molecule has 1 unspecified atom stereocenters. The first-order valence-corrected chi connectivity index (χ1v) is 5.58. The van der Waals surface area contributed by atoms with Crippen LogP contribution in [0.2, 0.25) is 0 Å². The summed E-state index contributed by atoms with van der Waals surface area (Å²) in [5.41, 5.74) is 1.15. The summed E-state index contributed by atoms with van der Waals surface area (Å²) >= 11 is 0. The molecule has 0 spiro atoms. The molecule has 2 heteroatoms. The van der Waals surface area contributed by atoms with Crippen LogP contribution in [0.3, 0.4) is 0 Å². The number of hydrogen-bond donors (Lipinski definition) is 0. The van der Waals surface area contributed by atoms with Gasteiger partial charge in [0.05, 0.1) is 0 Å². The minimum Gasteiger partial charge on any atom is -0.482 e. The lowest BCUT2D eigenvalue weighted by atomic mass is 10.1. The van der Waals surface area contributed by atoms with E-state index in [2.05, 4.69) is 0 Å². The van der Waals surface area contributed by atoms with Crippen molar-refractivity contribution in [3.63, 3.8) is 0 Å². The van der Waals surface area contributed by atoms with Gasteiger partial charge in [0.1, 0.15) is 5.75 Å². The number of Topliss-reactive ketones (excluding diaryl/α,β-unsaturated/α-hetero) is 1. The zero-order valence-electron chi connectivity index (χ0n) is 9.62. The van der Waals surface area contributed by atoms with Gasteiger partial charge in [-0.3, -0.25) is 4.79 Å². The fraction of sp³-hybridized carbons (Fsp3) is 0.462. The van der Waals surface area contributed by atoms with Crippen molar-refractivity contribution in [1.82, 2.24) is 0 Å². The topological polar surface area (TPSA) is 26.3 Å². The number of fused-ring (bicyclic) bond motifs is 1. The molecule has 2 rings (SSSR count). The molecule has 15 heavy (non-hydrogen) atoms. The number of rotatable bonds is 2. The summed E-state index contributed by atoms with van der Waals surface area (Å²) in [5.74, 6) is 1.06. The predicted octanol–water partition coefficient (Wildman–Crippen LogP) is 3.00. The molecule has 0 saturated carbocycles.